The van der Waals surface area contributed by atoms with Crippen LogP contribution in [0.2, 0.25) is 0 Å². The number of nitrogens with zero attached hydrogens (tertiary/aromatic N) is 1. The molecule has 0 bridgehead atoms. The Labute approximate surface area is 104 Å². The normalized spacial score (nSPS) is 10.2. The number of amides is 1. The average Bonchev–Trinajstić information content (AvgIpc) is 2.89. The van der Waals surface area contributed by atoms with Crippen LogP contribution in [0.3, 0.4) is 0 Å². The minimum absolute atomic E-state index is 0.104. The molecule has 0 fully saturated rings. The van der Waals surface area contributed by atoms with Crippen LogP contribution in [0, 0.1) is 0 Å². The van der Waals surface area contributed by atoms with E-state index in [-0.39, 0.29) is 5.91 Å². The lowest BCUT2D eigenvalue weighted by Gasteiger charge is -2.04. The Balaban J connectivity index is 1.95. The molecule has 5 heteroatoms. The monoisotopic (exact) mass is 249 g/mol. The Morgan fingerprint density at radius 1 is 1.29 bits per heavy atom. The van der Waals surface area contributed by atoms with Gasteiger partial charge in [-0.25, -0.2) is 0 Å². The molecule has 0 radical (unpaired) electrons. The molecule has 2 N–H and O–H groups in total. The van der Waals surface area contributed by atoms with Crippen molar-refractivity contribution in [2.75, 3.05) is 0 Å². The van der Waals surface area contributed by atoms with Gasteiger partial charge < -0.3 is 5.32 Å². The second kappa shape index (κ2) is 5.50. The summed E-state index contributed by atoms with van der Waals surface area (Å²) in [7, 11) is 0. The van der Waals surface area contributed by atoms with Gasteiger partial charge in [-0.15, -0.1) is 11.6 Å². The fourth-order valence-electron chi connectivity index (χ4n) is 1.40. The lowest BCUT2D eigenvalue weighted by Crippen LogP contribution is -2.22. The molecule has 0 saturated heterocycles. The molecule has 0 unspecified atom stereocenters. The highest BCUT2D eigenvalue weighted by Crippen LogP contribution is 2.07. The molecule has 0 atom stereocenters. The first-order chi connectivity index (χ1) is 8.29. The third kappa shape index (κ3) is 3.07. The van der Waals surface area contributed by atoms with E-state index in [1.807, 2.05) is 12.1 Å². The molecule has 1 amide bonds. The number of halogens is 1. The van der Waals surface area contributed by atoms with Crippen LogP contribution in [0.15, 0.2) is 36.7 Å². The third-order valence-electron chi connectivity index (χ3n) is 2.38. The van der Waals surface area contributed by atoms with Crippen LogP contribution >= 0.6 is 11.6 Å². The summed E-state index contributed by atoms with van der Waals surface area (Å²) in [6, 6.07) is 7.23. The van der Waals surface area contributed by atoms with Crippen LogP contribution in [0.4, 0.5) is 0 Å². The first kappa shape index (κ1) is 11.7. The molecule has 4 nitrogen and oxygen atoms in total. The van der Waals surface area contributed by atoms with Crippen LogP contribution in [-0.2, 0) is 12.4 Å². The summed E-state index contributed by atoms with van der Waals surface area (Å²) in [5.74, 6) is 0.351. The van der Waals surface area contributed by atoms with Crippen LogP contribution in [0.25, 0.3) is 0 Å². The molecular weight excluding hydrogens is 238 g/mol. The fourth-order valence-corrected chi connectivity index (χ4v) is 1.58. The second-order valence-corrected chi connectivity index (χ2v) is 3.89. The lowest BCUT2D eigenvalue weighted by atomic mass is 10.1. The van der Waals surface area contributed by atoms with Crippen molar-refractivity contribution < 1.29 is 4.79 Å². The Morgan fingerprint density at radius 3 is 2.65 bits per heavy atom. The van der Waals surface area contributed by atoms with Gasteiger partial charge in [-0.3, -0.25) is 9.89 Å². The Kier molecular flexibility index (Phi) is 3.77. The average molecular weight is 250 g/mol. The molecule has 2 aromatic rings. The van der Waals surface area contributed by atoms with Gasteiger partial charge in [0, 0.05) is 29.7 Å². The summed E-state index contributed by atoms with van der Waals surface area (Å²) in [5, 5.41) is 9.30. The van der Waals surface area contributed by atoms with Gasteiger partial charge in [-0.05, 0) is 17.7 Å². The topological polar surface area (TPSA) is 57.8 Å². The van der Waals surface area contributed by atoms with Gasteiger partial charge in [0.2, 0.25) is 0 Å². The van der Waals surface area contributed by atoms with Crippen molar-refractivity contribution in [3.05, 3.63) is 53.3 Å². The quantitative estimate of drug-likeness (QED) is 0.815. The van der Waals surface area contributed by atoms with Crippen molar-refractivity contribution >= 4 is 17.5 Å². The van der Waals surface area contributed by atoms with Crippen molar-refractivity contribution in [1.29, 1.82) is 0 Å². The van der Waals surface area contributed by atoms with Crippen molar-refractivity contribution in [2.45, 2.75) is 12.4 Å². The van der Waals surface area contributed by atoms with E-state index in [9.17, 15) is 4.79 Å². The summed E-state index contributed by atoms with van der Waals surface area (Å²) in [4.78, 5) is 11.8. The molecule has 17 heavy (non-hydrogen) atoms. The molecule has 0 spiro atoms. The first-order valence-electron chi connectivity index (χ1n) is 5.20. The minimum Gasteiger partial charge on any atom is -0.348 e. The Bertz CT molecular complexity index is 479. The zero-order valence-corrected chi connectivity index (χ0v) is 9.87. The van der Waals surface area contributed by atoms with E-state index in [1.165, 1.54) is 0 Å². The zero-order chi connectivity index (χ0) is 12.1. The van der Waals surface area contributed by atoms with E-state index in [1.54, 1.807) is 24.5 Å². The summed E-state index contributed by atoms with van der Waals surface area (Å²) in [6.45, 7) is 0.465. The molecular formula is C12H12ClN3O. The van der Waals surface area contributed by atoms with E-state index in [0.29, 0.717) is 18.0 Å². The molecule has 1 aromatic carbocycles. The molecule has 1 heterocycles. The summed E-state index contributed by atoms with van der Waals surface area (Å²) in [5.41, 5.74) is 2.57. The predicted molar refractivity (Wildman–Crippen MR) is 65.8 cm³/mol. The Morgan fingerprint density at radius 2 is 2.06 bits per heavy atom. The SMILES string of the molecule is O=C(NCc1cn[nH]c1)c1ccc(CCl)cc1. The van der Waals surface area contributed by atoms with Crippen molar-refractivity contribution in [3.63, 3.8) is 0 Å². The second-order valence-electron chi connectivity index (χ2n) is 3.62. The van der Waals surface area contributed by atoms with Crippen molar-refractivity contribution in [3.8, 4) is 0 Å². The minimum atomic E-state index is -0.104. The highest BCUT2D eigenvalue weighted by molar-refractivity contribution is 6.17. The molecule has 2 rings (SSSR count). The summed E-state index contributed by atoms with van der Waals surface area (Å²) < 4.78 is 0. The molecule has 1 aromatic heterocycles. The van der Waals surface area contributed by atoms with Gasteiger partial charge in [0.05, 0.1) is 6.20 Å². The van der Waals surface area contributed by atoms with Gasteiger partial charge in [0.1, 0.15) is 0 Å². The molecule has 0 aliphatic rings. The van der Waals surface area contributed by atoms with Crippen LogP contribution in [-0.4, -0.2) is 16.1 Å². The number of aromatic amines is 1. The molecule has 0 aliphatic heterocycles. The van der Waals surface area contributed by atoms with Gasteiger partial charge in [-0.1, -0.05) is 12.1 Å². The lowest BCUT2D eigenvalue weighted by molar-refractivity contribution is 0.0951. The Hall–Kier alpha value is -1.81. The number of carbonyl (C=O) groups excluding carboxylic acids is 1. The van der Waals surface area contributed by atoms with E-state index < -0.39 is 0 Å². The predicted octanol–water partition coefficient (Wildman–Crippen LogP) is 2.08. The highest BCUT2D eigenvalue weighted by Gasteiger charge is 2.05. The maximum absolute atomic E-state index is 11.8. The zero-order valence-electron chi connectivity index (χ0n) is 9.11. The third-order valence-corrected chi connectivity index (χ3v) is 2.69. The first-order valence-corrected chi connectivity index (χ1v) is 5.74. The van der Waals surface area contributed by atoms with Gasteiger partial charge in [-0.2, -0.15) is 5.10 Å². The maximum Gasteiger partial charge on any atom is 0.251 e. The van der Waals surface area contributed by atoms with Crippen LogP contribution < -0.4 is 5.32 Å². The van der Waals surface area contributed by atoms with Gasteiger partial charge in [0.15, 0.2) is 0 Å². The highest BCUT2D eigenvalue weighted by atomic mass is 35.5. The number of carbonyl (C=O) groups is 1. The molecule has 0 saturated carbocycles. The largest absolute Gasteiger partial charge is 0.348 e. The van der Waals surface area contributed by atoms with E-state index in [0.717, 1.165) is 11.1 Å². The number of benzene rings is 1. The maximum atomic E-state index is 11.8. The summed E-state index contributed by atoms with van der Waals surface area (Å²) >= 11 is 5.68. The van der Waals surface area contributed by atoms with E-state index >= 15 is 0 Å². The van der Waals surface area contributed by atoms with E-state index in [4.69, 9.17) is 11.6 Å². The van der Waals surface area contributed by atoms with Gasteiger partial charge in [0.25, 0.3) is 5.91 Å². The number of rotatable bonds is 4. The van der Waals surface area contributed by atoms with Crippen molar-refractivity contribution in [1.82, 2.24) is 15.5 Å². The summed E-state index contributed by atoms with van der Waals surface area (Å²) in [6.07, 6.45) is 3.42. The number of hydrogen-bond acceptors (Lipinski definition) is 2. The number of H-pyrrole nitrogens is 1. The number of nitrogens with one attached hydrogen (secondary N) is 2. The van der Waals surface area contributed by atoms with Gasteiger partial charge >= 0.3 is 0 Å². The van der Waals surface area contributed by atoms with Crippen molar-refractivity contribution in [2.24, 2.45) is 0 Å². The van der Waals surface area contributed by atoms with E-state index in [2.05, 4.69) is 15.5 Å². The fraction of sp³-hybridized carbons (Fsp3) is 0.167. The van der Waals surface area contributed by atoms with Crippen LogP contribution in [0.5, 0.6) is 0 Å². The van der Waals surface area contributed by atoms with Crippen LogP contribution in [0.1, 0.15) is 21.5 Å². The number of aromatic nitrogens is 2. The number of hydrogen-bond donors (Lipinski definition) is 2. The smallest absolute Gasteiger partial charge is 0.251 e. The standard InChI is InChI=1S/C12H12ClN3O/c13-5-9-1-3-11(4-2-9)12(17)14-6-10-7-15-16-8-10/h1-4,7-8H,5-6H2,(H,14,17)(H,15,16). The number of alkyl halides is 1. The molecule has 0 aliphatic carbocycles. The molecule has 88 valence electrons.